The minimum absolute atomic E-state index is 0.0351. The molecule has 1 unspecified atom stereocenters. The van der Waals surface area contributed by atoms with Crippen molar-refractivity contribution in [1.82, 2.24) is 9.88 Å². The van der Waals surface area contributed by atoms with E-state index in [-0.39, 0.29) is 11.9 Å². The van der Waals surface area contributed by atoms with Gasteiger partial charge < -0.3 is 14.4 Å². The third-order valence-corrected chi connectivity index (χ3v) is 5.87. The number of ether oxygens (including phenoxy) is 2. The van der Waals surface area contributed by atoms with Gasteiger partial charge in [0.25, 0.3) is 5.91 Å². The second kappa shape index (κ2) is 10.3. The lowest BCUT2D eigenvalue weighted by atomic mass is 10.1. The first-order chi connectivity index (χ1) is 14.5. The lowest BCUT2D eigenvalue weighted by Crippen LogP contribution is -2.38. The van der Waals surface area contributed by atoms with Crippen LogP contribution >= 0.6 is 11.3 Å². The number of amides is 1. The molecule has 0 aliphatic heterocycles. The Morgan fingerprint density at radius 2 is 1.93 bits per heavy atom. The highest BCUT2D eigenvalue weighted by atomic mass is 32.1. The topological polar surface area (TPSA) is 51.7 Å². The fraction of sp³-hybridized carbons (Fsp3) is 0.333. The standard InChI is InChI=1S/C24H28N2O3S/c1-5-18(3)26(24(27)19-10-8-9-17(2)13-19)14-20-16-30-23(25-20)15-29-22-12-7-6-11-21(22)28-4/h6-13,16,18H,5,14-15H2,1-4H3. The maximum Gasteiger partial charge on any atom is 0.254 e. The van der Waals surface area contributed by atoms with Crippen LogP contribution in [-0.2, 0) is 13.2 Å². The normalized spacial score (nSPS) is 11.7. The summed E-state index contributed by atoms with van der Waals surface area (Å²) in [4.78, 5) is 19.7. The van der Waals surface area contributed by atoms with Crippen molar-refractivity contribution in [2.24, 2.45) is 0 Å². The smallest absolute Gasteiger partial charge is 0.254 e. The summed E-state index contributed by atoms with van der Waals surface area (Å²) in [7, 11) is 1.62. The van der Waals surface area contributed by atoms with Crippen LogP contribution in [0.5, 0.6) is 11.5 Å². The van der Waals surface area contributed by atoms with E-state index in [1.54, 1.807) is 7.11 Å². The molecule has 0 fully saturated rings. The molecule has 1 heterocycles. The Hall–Kier alpha value is -2.86. The molecule has 0 N–H and O–H groups in total. The molecule has 0 spiro atoms. The van der Waals surface area contributed by atoms with Gasteiger partial charge in [-0.3, -0.25) is 4.79 Å². The Morgan fingerprint density at radius 1 is 1.17 bits per heavy atom. The number of rotatable bonds is 9. The molecule has 0 bridgehead atoms. The van der Waals surface area contributed by atoms with Gasteiger partial charge in [-0.05, 0) is 44.5 Å². The van der Waals surface area contributed by atoms with Gasteiger partial charge >= 0.3 is 0 Å². The van der Waals surface area contributed by atoms with E-state index < -0.39 is 0 Å². The number of hydrogen-bond acceptors (Lipinski definition) is 5. The number of para-hydroxylation sites is 2. The summed E-state index contributed by atoms with van der Waals surface area (Å²) in [5, 5.41) is 2.86. The Labute approximate surface area is 182 Å². The maximum absolute atomic E-state index is 13.2. The summed E-state index contributed by atoms with van der Waals surface area (Å²) in [5.74, 6) is 1.42. The van der Waals surface area contributed by atoms with Crippen LogP contribution in [0.4, 0.5) is 0 Å². The number of aromatic nitrogens is 1. The molecule has 3 rings (SSSR count). The zero-order valence-electron chi connectivity index (χ0n) is 17.9. The second-order valence-electron chi connectivity index (χ2n) is 7.23. The molecule has 2 aromatic carbocycles. The van der Waals surface area contributed by atoms with Gasteiger partial charge in [0.2, 0.25) is 0 Å². The zero-order chi connectivity index (χ0) is 21.5. The number of methoxy groups -OCH3 is 1. The Bertz CT molecular complexity index is 986. The van der Waals surface area contributed by atoms with E-state index in [1.165, 1.54) is 11.3 Å². The Kier molecular flexibility index (Phi) is 7.46. The molecule has 0 saturated heterocycles. The third kappa shape index (κ3) is 5.39. The molecule has 0 saturated carbocycles. The first-order valence-corrected chi connectivity index (χ1v) is 11.0. The van der Waals surface area contributed by atoms with Crippen molar-refractivity contribution in [3.05, 3.63) is 75.7 Å². The molecule has 5 nitrogen and oxygen atoms in total. The van der Waals surface area contributed by atoms with E-state index in [9.17, 15) is 4.79 Å². The molecule has 30 heavy (non-hydrogen) atoms. The van der Waals surface area contributed by atoms with Crippen molar-refractivity contribution < 1.29 is 14.3 Å². The zero-order valence-corrected chi connectivity index (χ0v) is 18.7. The Morgan fingerprint density at radius 3 is 2.63 bits per heavy atom. The van der Waals surface area contributed by atoms with Crippen LogP contribution in [0, 0.1) is 6.92 Å². The number of thiazole rings is 1. The number of nitrogens with zero attached hydrogens (tertiary/aromatic N) is 2. The number of hydrogen-bond donors (Lipinski definition) is 0. The predicted octanol–water partition coefficient (Wildman–Crippen LogP) is 5.48. The Balaban J connectivity index is 1.70. The monoisotopic (exact) mass is 424 g/mol. The van der Waals surface area contributed by atoms with Crippen molar-refractivity contribution in [2.75, 3.05) is 7.11 Å². The van der Waals surface area contributed by atoms with Crippen LogP contribution in [0.3, 0.4) is 0 Å². The molecule has 1 aromatic heterocycles. The van der Waals surface area contributed by atoms with Gasteiger partial charge in [0.05, 0.1) is 19.3 Å². The second-order valence-corrected chi connectivity index (χ2v) is 8.17. The summed E-state index contributed by atoms with van der Waals surface area (Å²) in [6.45, 7) is 7.01. The van der Waals surface area contributed by atoms with Gasteiger partial charge in [-0.2, -0.15) is 0 Å². The quantitative estimate of drug-likeness (QED) is 0.456. The highest BCUT2D eigenvalue weighted by molar-refractivity contribution is 7.09. The van der Waals surface area contributed by atoms with E-state index in [0.717, 1.165) is 22.7 Å². The van der Waals surface area contributed by atoms with Crippen LogP contribution in [0.2, 0.25) is 0 Å². The molecule has 6 heteroatoms. The number of carbonyl (C=O) groups excluding carboxylic acids is 1. The van der Waals surface area contributed by atoms with Gasteiger partial charge in [-0.15, -0.1) is 11.3 Å². The van der Waals surface area contributed by atoms with Crippen molar-refractivity contribution in [2.45, 2.75) is 46.4 Å². The molecule has 0 aliphatic rings. The maximum atomic E-state index is 13.2. The van der Waals surface area contributed by atoms with E-state index in [4.69, 9.17) is 9.47 Å². The first kappa shape index (κ1) is 21.8. The molecular formula is C24H28N2O3S. The van der Waals surface area contributed by atoms with E-state index in [0.29, 0.717) is 30.2 Å². The van der Waals surface area contributed by atoms with E-state index >= 15 is 0 Å². The van der Waals surface area contributed by atoms with Gasteiger partial charge in [-0.1, -0.05) is 36.8 Å². The molecule has 0 aliphatic carbocycles. The van der Waals surface area contributed by atoms with Gasteiger partial charge in [-0.25, -0.2) is 4.98 Å². The van der Waals surface area contributed by atoms with Crippen LogP contribution in [0.25, 0.3) is 0 Å². The van der Waals surface area contributed by atoms with Crippen molar-refractivity contribution in [3.63, 3.8) is 0 Å². The average Bonchev–Trinajstić information content (AvgIpc) is 3.22. The molecule has 158 valence electrons. The molecular weight excluding hydrogens is 396 g/mol. The largest absolute Gasteiger partial charge is 0.493 e. The fourth-order valence-corrected chi connectivity index (χ4v) is 3.83. The molecule has 1 atom stereocenters. The van der Waals surface area contributed by atoms with Crippen molar-refractivity contribution >= 4 is 17.2 Å². The van der Waals surface area contributed by atoms with Gasteiger partial charge in [0.1, 0.15) is 11.6 Å². The highest BCUT2D eigenvalue weighted by Crippen LogP contribution is 2.27. The minimum atomic E-state index is 0.0351. The third-order valence-electron chi connectivity index (χ3n) is 5.00. The SMILES string of the molecule is CCC(C)N(Cc1csc(COc2ccccc2OC)n1)C(=O)c1cccc(C)c1. The summed E-state index contributed by atoms with van der Waals surface area (Å²) in [6.07, 6.45) is 0.880. The molecule has 3 aromatic rings. The minimum Gasteiger partial charge on any atom is -0.493 e. The lowest BCUT2D eigenvalue weighted by molar-refractivity contribution is 0.0669. The van der Waals surface area contributed by atoms with Gasteiger partial charge in [0.15, 0.2) is 11.5 Å². The summed E-state index contributed by atoms with van der Waals surface area (Å²) in [5.41, 5.74) is 2.67. The highest BCUT2D eigenvalue weighted by Gasteiger charge is 2.22. The van der Waals surface area contributed by atoms with Crippen molar-refractivity contribution in [1.29, 1.82) is 0 Å². The number of aryl methyl sites for hydroxylation is 1. The van der Waals surface area contributed by atoms with Crippen LogP contribution in [0.1, 0.15) is 46.9 Å². The summed E-state index contributed by atoms with van der Waals surface area (Å²) >= 11 is 1.54. The van der Waals surface area contributed by atoms with Crippen LogP contribution in [-0.4, -0.2) is 28.9 Å². The summed E-state index contributed by atoms with van der Waals surface area (Å²) < 4.78 is 11.2. The first-order valence-electron chi connectivity index (χ1n) is 10.1. The molecule has 1 amide bonds. The average molecular weight is 425 g/mol. The van der Waals surface area contributed by atoms with Crippen LogP contribution in [0.15, 0.2) is 53.9 Å². The number of benzene rings is 2. The van der Waals surface area contributed by atoms with Crippen molar-refractivity contribution in [3.8, 4) is 11.5 Å². The van der Waals surface area contributed by atoms with Crippen LogP contribution < -0.4 is 9.47 Å². The number of carbonyl (C=O) groups is 1. The summed E-state index contributed by atoms with van der Waals surface area (Å²) in [6, 6.07) is 15.4. The van der Waals surface area contributed by atoms with Gasteiger partial charge in [0, 0.05) is 17.0 Å². The lowest BCUT2D eigenvalue weighted by Gasteiger charge is -2.28. The fourth-order valence-electron chi connectivity index (χ4n) is 3.13. The van der Waals surface area contributed by atoms with E-state index in [2.05, 4.69) is 18.8 Å². The van der Waals surface area contributed by atoms with E-state index in [1.807, 2.05) is 65.7 Å². The predicted molar refractivity (Wildman–Crippen MR) is 120 cm³/mol. The molecule has 0 radical (unpaired) electrons.